The topological polar surface area (TPSA) is 106 Å². The number of nitrogens with two attached hydrogens (primary N) is 1. The van der Waals surface area contributed by atoms with E-state index in [1.807, 2.05) is 45.0 Å². The first-order valence-corrected chi connectivity index (χ1v) is 11.0. The van der Waals surface area contributed by atoms with E-state index in [4.69, 9.17) is 9.88 Å². The lowest BCUT2D eigenvalue weighted by molar-refractivity contribution is 0.222. The average Bonchev–Trinajstić information content (AvgIpc) is 3.09. The number of primary sulfonamides is 1. The molecule has 0 saturated heterocycles. The first kappa shape index (κ1) is 24.7. The van der Waals surface area contributed by atoms with Crippen LogP contribution in [0.3, 0.4) is 0 Å². The SMILES string of the molecule is CCNC(=NCc1ccc(S(N)(=O)=O)s1)NCC(C)Oc1ccccc1C.I. The van der Waals surface area contributed by atoms with Crippen molar-refractivity contribution in [2.75, 3.05) is 13.1 Å². The molecule has 2 aromatic rings. The van der Waals surface area contributed by atoms with Crippen molar-refractivity contribution in [2.45, 2.75) is 37.6 Å². The minimum atomic E-state index is -3.66. The molecule has 0 spiro atoms. The third kappa shape index (κ3) is 7.94. The zero-order valence-electron chi connectivity index (χ0n) is 16.1. The van der Waals surface area contributed by atoms with Gasteiger partial charge in [0.1, 0.15) is 16.1 Å². The Labute approximate surface area is 187 Å². The first-order chi connectivity index (χ1) is 12.8. The van der Waals surface area contributed by atoms with E-state index in [0.717, 1.165) is 27.5 Å². The highest BCUT2D eigenvalue weighted by molar-refractivity contribution is 14.0. The number of halogens is 1. The summed E-state index contributed by atoms with van der Waals surface area (Å²) >= 11 is 1.13. The van der Waals surface area contributed by atoms with Crippen LogP contribution in [0.4, 0.5) is 0 Å². The van der Waals surface area contributed by atoms with Gasteiger partial charge in [0, 0.05) is 11.4 Å². The van der Waals surface area contributed by atoms with Crippen molar-refractivity contribution in [3.63, 3.8) is 0 Å². The summed E-state index contributed by atoms with van der Waals surface area (Å²) in [7, 11) is -3.66. The summed E-state index contributed by atoms with van der Waals surface area (Å²) in [6.07, 6.45) is -0.0503. The second-order valence-electron chi connectivity index (χ2n) is 6.04. The van der Waals surface area contributed by atoms with E-state index in [9.17, 15) is 8.42 Å². The average molecular weight is 538 g/mol. The van der Waals surface area contributed by atoms with Gasteiger partial charge in [-0.25, -0.2) is 18.5 Å². The van der Waals surface area contributed by atoms with Gasteiger partial charge >= 0.3 is 0 Å². The predicted octanol–water partition coefficient (Wildman–Crippen LogP) is 2.84. The fourth-order valence-corrected chi connectivity index (χ4v) is 3.99. The molecular weight excluding hydrogens is 511 g/mol. The summed E-state index contributed by atoms with van der Waals surface area (Å²) in [5, 5.41) is 11.5. The summed E-state index contributed by atoms with van der Waals surface area (Å²) in [5.74, 6) is 1.51. The zero-order valence-corrected chi connectivity index (χ0v) is 20.1. The van der Waals surface area contributed by atoms with Crippen molar-refractivity contribution < 1.29 is 13.2 Å². The van der Waals surface area contributed by atoms with E-state index in [1.54, 1.807) is 6.07 Å². The number of aryl methyl sites for hydroxylation is 1. The maximum Gasteiger partial charge on any atom is 0.247 e. The molecule has 0 aliphatic rings. The number of rotatable bonds is 8. The standard InChI is InChI=1S/C18H26N4O3S2.HI/c1-4-20-18(22-12-15-9-10-17(26-15)27(19,23)24)21-11-14(3)25-16-8-6-5-7-13(16)2;/h5-10,14H,4,11-12H2,1-3H3,(H2,19,23,24)(H2,20,21,22);1H. The lowest BCUT2D eigenvalue weighted by Crippen LogP contribution is -2.41. The normalized spacial score (nSPS) is 12.8. The van der Waals surface area contributed by atoms with Crippen LogP contribution in [0.1, 0.15) is 24.3 Å². The second-order valence-corrected chi connectivity index (χ2v) is 8.99. The molecule has 10 heteroatoms. The van der Waals surface area contributed by atoms with Crippen LogP contribution in [-0.4, -0.2) is 33.6 Å². The molecular formula is C18H27IN4O3S2. The molecule has 7 nitrogen and oxygen atoms in total. The molecule has 156 valence electrons. The summed E-state index contributed by atoms with van der Waals surface area (Å²) < 4.78 is 28.8. The zero-order chi connectivity index (χ0) is 19.9. The molecule has 1 atom stereocenters. The maximum atomic E-state index is 11.4. The van der Waals surface area contributed by atoms with Crippen LogP contribution in [0.15, 0.2) is 45.6 Å². The number of hydrogen-bond acceptors (Lipinski definition) is 5. The van der Waals surface area contributed by atoms with Gasteiger partial charge in [0.25, 0.3) is 0 Å². The number of thiophene rings is 1. The molecule has 0 radical (unpaired) electrons. The van der Waals surface area contributed by atoms with Crippen molar-refractivity contribution in [1.82, 2.24) is 10.6 Å². The number of sulfonamides is 1. The number of guanidine groups is 1. The van der Waals surface area contributed by atoms with Gasteiger partial charge in [-0.2, -0.15) is 0 Å². The fraction of sp³-hybridized carbons (Fsp3) is 0.389. The highest BCUT2D eigenvalue weighted by Gasteiger charge is 2.11. The van der Waals surface area contributed by atoms with Gasteiger partial charge in [-0.1, -0.05) is 18.2 Å². The Morgan fingerprint density at radius 3 is 2.57 bits per heavy atom. The molecule has 0 aliphatic heterocycles. The van der Waals surface area contributed by atoms with Crippen molar-refractivity contribution in [1.29, 1.82) is 0 Å². The predicted molar refractivity (Wildman–Crippen MR) is 125 cm³/mol. The lowest BCUT2D eigenvalue weighted by atomic mass is 10.2. The molecule has 0 bridgehead atoms. The van der Waals surface area contributed by atoms with Crippen molar-refractivity contribution >= 4 is 51.3 Å². The molecule has 0 aliphatic carbocycles. The molecule has 0 amide bonds. The second kappa shape index (κ2) is 11.6. The van der Waals surface area contributed by atoms with E-state index < -0.39 is 10.0 Å². The number of aliphatic imine (C=N–C) groups is 1. The van der Waals surface area contributed by atoms with E-state index in [1.165, 1.54) is 6.07 Å². The number of hydrogen-bond donors (Lipinski definition) is 3. The van der Waals surface area contributed by atoms with E-state index in [0.29, 0.717) is 25.6 Å². The minimum absolute atomic E-state index is 0. The van der Waals surface area contributed by atoms with Crippen LogP contribution < -0.4 is 20.5 Å². The molecule has 1 heterocycles. The van der Waals surface area contributed by atoms with Crippen LogP contribution >= 0.6 is 35.3 Å². The van der Waals surface area contributed by atoms with E-state index in [2.05, 4.69) is 15.6 Å². The number of ether oxygens (including phenoxy) is 1. The molecule has 0 saturated carbocycles. The highest BCUT2D eigenvalue weighted by Crippen LogP contribution is 2.21. The van der Waals surface area contributed by atoms with Crippen molar-refractivity contribution in [3.05, 3.63) is 46.8 Å². The van der Waals surface area contributed by atoms with Crippen LogP contribution in [0.5, 0.6) is 5.75 Å². The van der Waals surface area contributed by atoms with Gasteiger partial charge in [0.05, 0.1) is 13.1 Å². The van der Waals surface area contributed by atoms with Gasteiger partial charge in [0.15, 0.2) is 5.96 Å². The molecule has 1 unspecified atom stereocenters. The van der Waals surface area contributed by atoms with Crippen LogP contribution in [0.25, 0.3) is 0 Å². The Balaban J connectivity index is 0.00000392. The Morgan fingerprint density at radius 1 is 1.25 bits per heavy atom. The van der Waals surface area contributed by atoms with E-state index in [-0.39, 0.29) is 34.3 Å². The van der Waals surface area contributed by atoms with Gasteiger partial charge in [-0.15, -0.1) is 35.3 Å². The molecule has 0 fully saturated rings. The minimum Gasteiger partial charge on any atom is -0.489 e. The van der Waals surface area contributed by atoms with E-state index >= 15 is 0 Å². The van der Waals surface area contributed by atoms with Gasteiger partial charge < -0.3 is 15.4 Å². The van der Waals surface area contributed by atoms with Crippen LogP contribution in [0.2, 0.25) is 0 Å². The third-order valence-electron chi connectivity index (χ3n) is 3.63. The van der Waals surface area contributed by atoms with Gasteiger partial charge in [-0.3, -0.25) is 0 Å². The quantitative estimate of drug-likeness (QED) is 0.272. The molecule has 1 aromatic heterocycles. The van der Waals surface area contributed by atoms with Gasteiger partial charge in [0.2, 0.25) is 10.0 Å². The first-order valence-electron chi connectivity index (χ1n) is 8.65. The Morgan fingerprint density at radius 2 is 1.96 bits per heavy atom. The molecule has 28 heavy (non-hydrogen) atoms. The summed E-state index contributed by atoms with van der Waals surface area (Å²) in [5.41, 5.74) is 1.09. The maximum absolute atomic E-state index is 11.4. The lowest BCUT2D eigenvalue weighted by Gasteiger charge is -2.18. The van der Waals surface area contributed by atoms with Crippen LogP contribution in [-0.2, 0) is 16.6 Å². The smallest absolute Gasteiger partial charge is 0.247 e. The number of para-hydroxylation sites is 1. The molecule has 2 rings (SSSR count). The monoisotopic (exact) mass is 538 g/mol. The Hall–Kier alpha value is -1.37. The van der Waals surface area contributed by atoms with Crippen LogP contribution in [0, 0.1) is 6.92 Å². The van der Waals surface area contributed by atoms with Crippen molar-refractivity contribution in [2.24, 2.45) is 10.1 Å². The Bertz CT molecular complexity index is 884. The largest absolute Gasteiger partial charge is 0.489 e. The summed E-state index contributed by atoms with van der Waals surface area (Å²) in [4.78, 5) is 5.31. The molecule has 1 aromatic carbocycles. The Kier molecular flexibility index (Phi) is 10.2. The molecule has 4 N–H and O–H groups in total. The fourth-order valence-electron chi connectivity index (χ4n) is 2.28. The number of benzene rings is 1. The summed E-state index contributed by atoms with van der Waals surface area (Å²) in [6, 6.07) is 11.1. The third-order valence-corrected chi connectivity index (χ3v) is 6.14. The van der Waals surface area contributed by atoms with Crippen molar-refractivity contribution in [3.8, 4) is 5.75 Å². The van der Waals surface area contributed by atoms with Gasteiger partial charge in [-0.05, 0) is 44.5 Å². The highest BCUT2D eigenvalue weighted by atomic mass is 127. The summed E-state index contributed by atoms with van der Waals surface area (Å²) in [6.45, 7) is 7.63. The number of nitrogens with one attached hydrogen (secondary N) is 2. The number of nitrogens with zero attached hydrogens (tertiary/aromatic N) is 1.